The smallest absolute Gasteiger partial charge is 0.164 e. The molecule has 5 heteroatoms. The molecule has 0 radical (unpaired) electrons. The van der Waals surface area contributed by atoms with Crippen LogP contribution in [0.1, 0.15) is 102 Å². The number of fused-ring (bicyclic) bond motifs is 10. The SMILES string of the molecule is CC1(c2cccc(-c3nc(C4=CC(c5ccccc5)CC=C4)nc(-c4ccc5c(c4)C4(c6ccccc6-c6ccccc64)c4cc(CCC=C(NC(=N)c6cccc(-c7ccccc7)c6)C6=CC=CC(C7=CC=CCC7)C6)ccc4-5)n3)c2)C=CC=CC1. The van der Waals surface area contributed by atoms with Crippen molar-refractivity contribution >= 4 is 11.4 Å². The first-order valence-electron chi connectivity index (χ1n) is 30.9. The predicted molar refractivity (Wildman–Crippen MR) is 358 cm³/mol. The third kappa shape index (κ3) is 9.97. The molecule has 5 nitrogen and oxygen atoms in total. The maximum absolute atomic E-state index is 9.57. The van der Waals surface area contributed by atoms with Crippen LogP contribution in [0.2, 0.25) is 0 Å². The number of nitrogens with one attached hydrogen (secondary N) is 2. The van der Waals surface area contributed by atoms with E-state index in [0.29, 0.717) is 29.2 Å². The molecule has 0 saturated carbocycles. The zero-order chi connectivity index (χ0) is 58.3. The lowest BCUT2D eigenvalue weighted by molar-refractivity contribution is 0.600. The Morgan fingerprint density at radius 1 is 0.575 bits per heavy atom. The van der Waals surface area contributed by atoms with Gasteiger partial charge in [-0.3, -0.25) is 5.41 Å². The summed E-state index contributed by atoms with van der Waals surface area (Å²) in [6.45, 7) is 2.31. The Labute approximate surface area is 511 Å². The second-order valence-corrected chi connectivity index (χ2v) is 24.3. The molecule has 1 spiro atoms. The molecule has 9 aromatic rings. The monoisotopic (exact) mass is 1120 g/mol. The molecule has 420 valence electrons. The van der Waals surface area contributed by atoms with Crippen molar-refractivity contribution in [3.63, 3.8) is 0 Å². The van der Waals surface area contributed by atoms with E-state index in [9.17, 15) is 5.41 Å². The van der Waals surface area contributed by atoms with E-state index >= 15 is 0 Å². The van der Waals surface area contributed by atoms with Crippen molar-refractivity contribution in [2.75, 3.05) is 0 Å². The predicted octanol–water partition coefficient (Wildman–Crippen LogP) is 19.3. The molecule has 1 heterocycles. The highest BCUT2D eigenvalue weighted by molar-refractivity contribution is 5.99. The molecule has 87 heavy (non-hydrogen) atoms. The van der Waals surface area contributed by atoms with Crippen LogP contribution in [0.5, 0.6) is 0 Å². The van der Waals surface area contributed by atoms with Gasteiger partial charge in [0.05, 0.1) is 5.41 Å². The largest absolute Gasteiger partial charge is 0.340 e. The first-order chi connectivity index (χ1) is 42.9. The van der Waals surface area contributed by atoms with Crippen LogP contribution < -0.4 is 5.32 Å². The van der Waals surface area contributed by atoms with Crippen molar-refractivity contribution in [1.82, 2.24) is 20.3 Å². The summed E-state index contributed by atoms with van der Waals surface area (Å²) in [5, 5.41) is 13.2. The molecule has 0 fully saturated rings. The molecule has 1 aromatic heterocycles. The standard InChI is InChI=1S/C82H67N5/c1-81(47-16-5-17-48-81)67-37-22-36-65(53-67)79-85-78(64-35-21-32-61(52-64)58-28-10-4-11-29-58)86-80(87-79)66-44-46-71-70-45-43-55(49-74(70)82(75(71)54-66)72-40-14-12-38-68(72)69-39-13-15-41-73(69)82)23-18-42-76(62-33-19-30-59(50-62)56-24-6-2-7-25-56)84-77(83)63-34-20-31-60(51-63)57-26-8-3-9-27-57/h2-6,8-17,19-22,24,26-31,33-47,49,51-54,59,61H,7,18,23,25,32,48,50H2,1H3,(H2,83,84). The van der Waals surface area contributed by atoms with Crippen LogP contribution in [0.15, 0.2) is 296 Å². The minimum absolute atomic E-state index is 0.143. The van der Waals surface area contributed by atoms with E-state index in [0.717, 1.165) is 84.0 Å². The fourth-order valence-corrected chi connectivity index (χ4v) is 14.4. The second kappa shape index (κ2) is 22.7. The highest BCUT2D eigenvalue weighted by atomic mass is 15.0. The van der Waals surface area contributed by atoms with Gasteiger partial charge in [0.1, 0.15) is 5.84 Å². The highest BCUT2D eigenvalue weighted by Gasteiger charge is 2.52. The van der Waals surface area contributed by atoms with Crippen molar-refractivity contribution in [2.45, 2.75) is 68.6 Å². The van der Waals surface area contributed by atoms with Crippen molar-refractivity contribution in [1.29, 1.82) is 5.41 Å². The van der Waals surface area contributed by atoms with Gasteiger partial charge in [0.15, 0.2) is 17.5 Å². The summed E-state index contributed by atoms with van der Waals surface area (Å²) in [4.78, 5) is 16.3. The Bertz CT molecular complexity index is 4460. The molecule has 3 unspecified atom stereocenters. The van der Waals surface area contributed by atoms with E-state index in [1.807, 2.05) is 12.1 Å². The molecule has 2 N–H and O–H groups in total. The number of amidine groups is 1. The van der Waals surface area contributed by atoms with Crippen LogP contribution in [-0.2, 0) is 17.3 Å². The van der Waals surface area contributed by atoms with Gasteiger partial charge in [-0.15, -0.1) is 0 Å². The molecule has 0 aliphatic heterocycles. The van der Waals surface area contributed by atoms with E-state index in [4.69, 9.17) is 15.0 Å². The molecule has 6 aliphatic carbocycles. The fraction of sp³-hybridized carbons (Fsp3) is 0.146. The zero-order valence-corrected chi connectivity index (χ0v) is 49.0. The molecule has 3 atom stereocenters. The fourth-order valence-electron chi connectivity index (χ4n) is 14.4. The maximum Gasteiger partial charge on any atom is 0.164 e. The summed E-state index contributed by atoms with van der Waals surface area (Å²) in [5.41, 5.74) is 22.8. The van der Waals surface area contributed by atoms with Crippen molar-refractivity contribution in [3.05, 3.63) is 346 Å². The van der Waals surface area contributed by atoms with Crippen molar-refractivity contribution in [3.8, 4) is 56.2 Å². The second-order valence-electron chi connectivity index (χ2n) is 24.3. The lowest BCUT2D eigenvalue weighted by Gasteiger charge is -2.31. The van der Waals surface area contributed by atoms with E-state index in [-0.39, 0.29) is 11.3 Å². The normalized spacial score (nSPS) is 19.2. The van der Waals surface area contributed by atoms with Gasteiger partial charge in [-0.05, 0) is 141 Å². The van der Waals surface area contributed by atoms with E-state index in [1.54, 1.807) is 0 Å². The minimum atomic E-state index is -0.602. The number of hydrogen-bond donors (Lipinski definition) is 2. The number of aromatic nitrogens is 3. The van der Waals surface area contributed by atoms with E-state index in [2.05, 4.69) is 279 Å². The third-order valence-electron chi connectivity index (χ3n) is 18.9. The van der Waals surface area contributed by atoms with Crippen LogP contribution in [0.4, 0.5) is 0 Å². The molecular formula is C82H67N5. The lowest BCUT2D eigenvalue weighted by atomic mass is 9.70. The van der Waals surface area contributed by atoms with Gasteiger partial charge in [-0.25, -0.2) is 15.0 Å². The number of hydrogen-bond acceptors (Lipinski definition) is 4. The van der Waals surface area contributed by atoms with Crippen molar-refractivity contribution in [2.24, 2.45) is 5.92 Å². The maximum atomic E-state index is 9.57. The Kier molecular flexibility index (Phi) is 14.0. The number of nitrogens with zero attached hydrogens (tertiary/aromatic N) is 3. The number of rotatable bonds is 13. The summed E-state index contributed by atoms with van der Waals surface area (Å²) < 4.78 is 0. The summed E-state index contributed by atoms with van der Waals surface area (Å²) in [5.74, 6) is 2.88. The highest BCUT2D eigenvalue weighted by Crippen LogP contribution is 2.63. The molecule has 8 aromatic carbocycles. The molecule has 0 saturated heterocycles. The molecule has 15 rings (SSSR count). The van der Waals surface area contributed by atoms with Crippen LogP contribution in [0.25, 0.3) is 61.7 Å². The average Bonchev–Trinajstić information content (AvgIpc) is 1.52. The third-order valence-corrected chi connectivity index (χ3v) is 18.9. The van der Waals surface area contributed by atoms with Gasteiger partial charge in [0.2, 0.25) is 0 Å². The molecular weight excluding hydrogens is 1050 g/mol. The van der Waals surface area contributed by atoms with Gasteiger partial charge < -0.3 is 5.32 Å². The minimum Gasteiger partial charge on any atom is -0.340 e. The number of benzene rings is 8. The van der Waals surface area contributed by atoms with Gasteiger partial charge in [-0.2, -0.15) is 0 Å². The Balaban J connectivity index is 0.819. The van der Waals surface area contributed by atoms with Gasteiger partial charge in [0, 0.05) is 45.2 Å². The molecule has 0 bridgehead atoms. The summed E-state index contributed by atoms with van der Waals surface area (Å²) >= 11 is 0. The van der Waals surface area contributed by atoms with Crippen LogP contribution >= 0.6 is 0 Å². The van der Waals surface area contributed by atoms with E-state index < -0.39 is 5.41 Å². The Morgan fingerprint density at radius 3 is 2.03 bits per heavy atom. The van der Waals surface area contributed by atoms with Crippen molar-refractivity contribution < 1.29 is 0 Å². The first kappa shape index (κ1) is 53.6. The quantitative estimate of drug-likeness (QED) is 0.0891. The average molecular weight is 1120 g/mol. The summed E-state index contributed by atoms with van der Waals surface area (Å²) in [6.07, 6.45) is 38.1. The summed E-state index contributed by atoms with van der Waals surface area (Å²) in [7, 11) is 0. The summed E-state index contributed by atoms with van der Waals surface area (Å²) in [6, 6.07) is 70.6. The van der Waals surface area contributed by atoms with Crippen LogP contribution in [-0.4, -0.2) is 20.8 Å². The molecule has 6 aliphatic rings. The Hall–Kier alpha value is -10.1. The van der Waals surface area contributed by atoms with E-state index in [1.165, 1.54) is 72.3 Å². The van der Waals surface area contributed by atoms with Gasteiger partial charge in [0.25, 0.3) is 0 Å². The van der Waals surface area contributed by atoms with Crippen LogP contribution in [0, 0.1) is 11.3 Å². The Morgan fingerprint density at radius 2 is 1.26 bits per heavy atom. The van der Waals surface area contributed by atoms with Gasteiger partial charge >= 0.3 is 0 Å². The number of allylic oxidation sites excluding steroid dienone is 17. The zero-order valence-electron chi connectivity index (χ0n) is 49.0. The molecule has 0 amide bonds. The first-order valence-corrected chi connectivity index (χ1v) is 30.9. The van der Waals surface area contributed by atoms with Gasteiger partial charge in [-0.1, -0.05) is 273 Å². The lowest BCUT2D eigenvalue weighted by Crippen LogP contribution is -2.26. The topological polar surface area (TPSA) is 74.6 Å². The van der Waals surface area contributed by atoms with Crippen LogP contribution in [0.3, 0.4) is 0 Å². The number of aryl methyl sites for hydroxylation is 1.